The largest absolute Gasteiger partial charge is 0.348 e. The Labute approximate surface area is 230 Å². The summed E-state index contributed by atoms with van der Waals surface area (Å²) in [5.74, 6) is 0.0292. The Balaban J connectivity index is 1.27. The van der Waals surface area contributed by atoms with Crippen LogP contribution in [-0.4, -0.2) is 42.2 Å². The van der Waals surface area contributed by atoms with Crippen LogP contribution in [0.2, 0.25) is 0 Å². The molecule has 1 saturated carbocycles. The quantitative estimate of drug-likeness (QED) is 0.336. The normalized spacial score (nSPS) is 19.3. The van der Waals surface area contributed by atoms with E-state index in [-0.39, 0.29) is 29.0 Å². The van der Waals surface area contributed by atoms with Gasteiger partial charge in [0.05, 0.1) is 23.9 Å². The van der Waals surface area contributed by atoms with Crippen LogP contribution in [0.4, 0.5) is 4.39 Å². The van der Waals surface area contributed by atoms with Crippen molar-refractivity contribution < 1.29 is 9.18 Å². The van der Waals surface area contributed by atoms with Crippen molar-refractivity contribution in [3.8, 4) is 5.69 Å². The Kier molecular flexibility index (Phi) is 6.60. The Morgan fingerprint density at radius 2 is 1.97 bits per heavy atom. The van der Waals surface area contributed by atoms with Crippen LogP contribution in [0, 0.1) is 9.39 Å². The summed E-state index contributed by atoms with van der Waals surface area (Å²) in [5, 5.41) is 6.36. The standard InChI is InChI=1S/C26H25FIN7O3/c27-15-10-20-23(30-12-15)34(19-3-1-2-16(28)11-19)26(38)35(25(20)37)18-6-4-17(5-7-18)31-24(36)21-13-33-14-29-9-8-22(33)32-21/h1-3,10-13,17-18,29H,4-9,14H2,(H,31,36). The monoisotopic (exact) mass is 629 g/mol. The Morgan fingerprint density at radius 3 is 2.74 bits per heavy atom. The van der Waals surface area contributed by atoms with Gasteiger partial charge in [0.25, 0.3) is 11.5 Å². The molecule has 1 aliphatic heterocycles. The van der Waals surface area contributed by atoms with Crippen LogP contribution in [0.15, 0.2) is 52.3 Å². The molecular formula is C26H25FIN7O3. The number of pyridine rings is 1. The van der Waals surface area contributed by atoms with Gasteiger partial charge >= 0.3 is 5.69 Å². The van der Waals surface area contributed by atoms with Crippen molar-refractivity contribution in [1.82, 2.24) is 34.3 Å². The van der Waals surface area contributed by atoms with Gasteiger partial charge in [-0.15, -0.1) is 0 Å². The van der Waals surface area contributed by atoms with E-state index in [1.54, 1.807) is 12.3 Å². The zero-order chi connectivity index (χ0) is 26.4. The number of hydrogen-bond acceptors (Lipinski definition) is 6. The molecule has 12 heteroatoms. The predicted octanol–water partition coefficient (Wildman–Crippen LogP) is 2.50. The molecule has 0 saturated heterocycles. The van der Waals surface area contributed by atoms with Crippen molar-refractivity contribution >= 4 is 39.5 Å². The number of amides is 1. The summed E-state index contributed by atoms with van der Waals surface area (Å²) < 4.78 is 19.6. The first-order valence-corrected chi connectivity index (χ1v) is 13.6. The fourth-order valence-electron chi connectivity index (χ4n) is 5.39. The van der Waals surface area contributed by atoms with Crippen LogP contribution >= 0.6 is 22.6 Å². The molecule has 0 atom stereocenters. The zero-order valence-corrected chi connectivity index (χ0v) is 22.5. The molecule has 196 valence electrons. The molecule has 6 rings (SSSR count). The lowest BCUT2D eigenvalue weighted by atomic mass is 9.90. The van der Waals surface area contributed by atoms with Crippen LogP contribution in [0.3, 0.4) is 0 Å². The number of imidazole rings is 1. The predicted molar refractivity (Wildman–Crippen MR) is 147 cm³/mol. The molecule has 0 spiro atoms. The molecule has 2 aliphatic rings. The molecule has 1 aromatic carbocycles. The first kappa shape index (κ1) is 24.9. The molecular weight excluding hydrogens is 604 g/mol. The van der Waals surface area contributed by atoms with E-state index in [1.165, 1.54) is 9.13 Å². The van der Waals surface area contributed by atoms with Gasteiger partial charge in [0.15, 0.2) is 5.65 Å². The maximum atomic E-state index is 14.1. The van der Waals surface area contributed by atoms with Crippen LogP contribution in [-0.2, 0) is 13.1 Å². The minimum atomic E-state index is -0.642. The maximum Gasteiger partial charge on any atom is 0.337 e. The number of carbonyl (C=O) groups is 1. The van der Waals surface area contributed by atoms with Gasteiger partial charge in [0.1, 0.15) is 17.3 Å². The van der Waals surface area contributed by atoms with E-state index in [9.17, 15) is 18.8 Å². The molecule has 2 N–H and O–H groups in total. The third kappa shape index (κ3) is 4.55. The molecule has 1 amide bonds. The number of carbonyl (C=O) groups excluding carboxylic acids is 1. The highest BCUT2D eigenvalue weighted by molar-refractivity contribution is 14.1. The summed E-state index contributed by atoms with van der Waals surface area (Å²) in [6, 6.07) is 7.95. The smallest absolute Gasteiger partial charge is 0.337 e. The van der Waals surface area contributed by atoms with Gasteiger partial charge in [-0.2, -0.15) is 0 Å². The lowest BCUT2D eigenvalue weighted by molar-refractivity contribution is 0.0917. The van der Waals surface area contributed by atoms with Gasteiger partial charge in [0.2, 0.25) is 0 Å². The van der Waals surface area contributed by atoms with E-state index >= 15 is 0 Å². The summed E-state index contributed by atoms with van der Waals surface area (Å²) >= 11 is 2.15. The van der Waals surface area contributed by atoms with Gasteiger partial charge in [-0.05, 0) is 72.5 Å². The highest BCUT2D eigenvalue weighted by atomic mass is 127. The minimum Gasteiger partial charge on any atom is -0.348 e. The second-order valence-electron chi connectivity index (χ2n) is 9.70. The topological polar surface area (TPSA) is 116 Å². The number of rotatable bonds is 4. The van der Waals surface area contributed by atoms with Gasteiger partial charge < -0.3 is 9.88 Å². The van der Waals surface area contributed by atoms with E-state index in [0.29, 0.717) is 43.7 Å². The van der Waals surface area contributed by atoms with Gasteiger partial charge in [-0.1, -0.05) is 6.07 Å². The van der Waals surface area contributed by atoms with E-state index in [1.807, 2.05) is 22.8 Å². The lowest BCUT2D eigenvalue weighted by Crippen LogP contribution is -2.45. The lowest BCUT2D eigenvalue weighted by Gasteiger charge is -2.30. The molecule has 0 unspecified atom stereocenters. The van der Waals surface area contributed by atoms with Gasteiger partial charge in [-0.3, -0.25) is 19.5 Å². The Hall–Kier alpha value is -3.39. The number of hydrogen-bond donors (Lipinski definition) is 2. The summed E-state index contributed by atoms with van der Waals surface area (Å²) in [4.78, 5) is 48.6. The molecule has 0 bridgehead atoms. The average molecular weight is 629 g/mol. The molecule has 10 nitrogen and oxygen atoms in total. The van der Waals surface area contributed by atoms with E-state index < -0.39 is 17.1 Å². The first-order chi connectivity index (χ1) is 18.4. The molecule has 4 heterocycles. The van der Waals surface area contributed by atoms with Crippen LogP contribution < -0.4 is 21.9 Å². The fourth-order valence-corrected chi connectivity index (χ4v) is 5.92. The molecule has 1 fully saturated rings. The summed E-state index contributed by atoms with van der Waals surface area (Å²) in [6.07, 6.45) is 5.78. The average Bonchev–Trinajstić information content (AvgIpc) is 3.35. The summed E-state index contributed by atoms with van der Waals surface area (Å²) in [6.45, 7) is 1.48. The van der Waals surface area contributed by atoms with E-state index in [4.69, 9.17) is 0 Å². The first-order valence-electron chi connectivity index (χ1n) is 12.6. The number of halogens is 2. The van der Waals surface area contributed by atoms with E-state index in [0.717, 1.165) is 34.6 Å². The van der Waals surface area contributed by atoms with E-state index in [2.05, 4.69) is 43.2 Å². The highest BCUT2D eigenvalue weighted by Crippen LogP contribution is 2.28. The van der Waals surface area contributed by atoms with Crippen LogP contribution in [0.25, 0.3) is 16.7 Å². The number of nitrogens with zero attached hydrogens (tertiary/aromatic N) is 5. The second kappa shape index (κ2) is 10.1. The third-order valence-corrected chi connectivity index (χ3v) is 7.93. The Bertz CT molecular complexity index is 1650. The highest BCUT2D eigenvalue weighted by Gasteiger charge is 2.29. The summed E-state index contributed by atoms with van der Waals surface area (Å²) in [5.41, 5.74) is 0.0144. The van der Waals surface area contributed by atoms with Gasteiger partial charge in [-0.25, -0.2) is 23.7 Å². The molecule has 0 radical (unpaired) electrons. The third-order valence-electron chi connectivity index (χ3n) is 7.25. The van der Waals surface area contributed by atoms with Crippen molar-refractivity contribution in [3.05, 3.63) is 84.5 Å². The minimum absolute atomic E-state index is 0.0529. The molecule has 1 aliphatic carbocycles. The number of benzene rings is 1. The van der Waals surface area contributed by atoms with Crippen molar-refractivity contribution in [3.63, 3.8) is 0 Å². The van der Waals surface area contributed by atoms with Crippen molar-refractivity contribution in [1.29, 1.82) is 0 Å². The zero-order valence-electron chi connectivity index (χ0n) is 20.4. The second-order valence-corrected chi connectivity index (χ2v) is 10.9. The van der Waals surface area contributed by atoms with Crippen molar-refractivity contribution in [2.75, 3.05) is 6.54 Å². The van der Waals surface area contributed by atoms with Gasteiger partial charge in [0, 0.05) is 34.8 Å². The van der Waals surface area contributed by atoms with Crippen molar-refractivity contribution in [2.45, 2.75) is 50.9 Å². The molecule has 4 aromatic rings. The maximum absolute atomic E-state index is 14.1. The fraction of sp³-hybridized carbons (Fsp3) is 0.346. The molecule has 3 aromatic heterocycles. The van der Waals surface area contributed by atoms with Crippen molar-refractivity contribution in [2.24, 2.45) is 0 Å². The Morgan fingerprint density at radius 1 is 1.16 bits per heavy atom. The number of nitrogens with one attached hydrogen (secondary N) is 2. The SMILES string of the molecule is O=C(NC1CCC(n2c(=O)c3cc(F)cnc3n(-c3cccc(I)c3)c2=O)CC1)c1cn2c(n1)CCNC2. The van der Waals surface area contributed by atoms with Crippen LogP contribution in [0.5, 0.6) is 0 Å². The number of aromatic nitrogens is 5. The number of fused-ring (bicyclic) bond motifs is 2. The van der Waals surface area contributed by atoms with Crippen LogP contribution in [0.1, 0.15) is 48.0 Å². The molecule has 38 heavy (non-hydrogen) atoms. The summed E-state index contributed by atoms with van der Waals surface area (Å²) in [7, 11) is 0.